The van der Waals surface area contributed by atoms with Crippen molar-refractivity contribution in [1.29, 1.82) is 0 Å². The fourth-order valence-electron chi connectivity index (χ4n) is 2.65. The number of aromatic nitrogens is 1. The zero-order chi connectivity index (χ0) is 18.6. The van der Waals surface area contributed by atoms with E-state index in [-0.39, 0.29) is 23.7 Å². The van der Waals surface area contributed by atoms with Crippen LogP contribution in [0.4, 0.5) is 0 Å². The van der Waals surface area contributed by atoms with Gasteiger partial charge in [-0.15, -0.1) is 0 Å². The van der Waals surface area contributed by atoms with E-state index in [4.69, 9.17) is 4.74 Å². The number of esters is 1. The summed E-state index contributed by atoms with van der Waals surface area (Å²) < 4.78 is 4.77. The molecule has 0 unspecified atom stereocenters. The largest absolute Gasteiger partial charge is 0.465 e. The molecule has 1 heterocycles. The van der Waals surface area contributed by atoms with Crippen molar-refractivity contribution in [2.45, 2.75) is 33.7 Å². The number of methoxy groups -OCH3 is 1. The summed E-state index contributed by atoms with van der Waals surface area (Å²) in [5.41, 5.74) is 3.59. The molecule has 0 bridgehead atoms. The van der Waals surface area contributed by atoms with E-state index in [1.54, 1.807) is 6.92 Å². The van der Waals surface area contributed by atoms with Gasteiger partial charge in [0, 0.05) is 19.2 Å². The van der Waals surface area contributed by atoms with Gasteiger partial charge < -0.3 is 15.0 Å². The summed E-state index contributed by atoms with van der Waals surface area (Å²) in [7, 11) is 1.27. The van der Waals surface area contributed by atoms with Gasteiger partial charge in [0.2, 0.25) is 5.91 Å². The molecule has 0 saturated heterocycles. The minimum absolute atomic E-state index is 0.0373. The van der Waals surface area contributed by atoms with Crippen LogP contribution < -0.4 is 5.32 Å². The Bertz CT molecular complexity index is 804. The molecule has 2 N–H and O–H groups in total. The van der Waals surface area contributed by atoms with Gasteiger partial charge >= 0.3 is 5.97 Å². The van der Waals surface area contributed by atoms with Crippen LogP contribution in [0, 0.1) is 13.8 Å². The van der Waals surface area contributed by atoms with Gasteiger partial charge in [-0.3, -0.25) is 9.59 Å². The molecule has 2 aromatic rings. The summed E-state index contributed by atoms with van der Waals surface area (Å²) in [4.78, 5) is 38.8. The molecule has 0 fully saturated rings. The van der Waals surface area contributed by atoms with E-state index >= 15 is 0 Å². The number of benzene rings is 1. The van der Waals surface area contributed by atoms with E-state index in [0.29, 0.717) is 23.5 Å². The van der Waals surface area contributed by atoms with Crippen LogP contribution in [0.15, 0.2) is 24.3 Å². The standard InChI is InChI=1S/C19H22N2O4/c1-11-5-7-14(8-6-11)10-20-16(23)9-15-17(19(24)25-4)12(2)18(21-15)13(3)22/h5-8,21H,9-10H2,1-4H3,(H,20,23). The van der Waals surface area contributed by atoms with Gasteiger partial charge in [-0.25, -0.2) is 4.79 Å². The molecule has 0 aliphatic carbocycles. The second kappa shape index (κ2) is 7.79. The predicted molar refractivity (Wildman–Crippen MR) is 93.6 cm³/mol. The minimum atomic E-state index is -0.567. The molecule has 1 aromatic carbocycles. The SMILES string of the molecule is COC(=O)c1c(CC(=O)NCc2ccc(C)cc2)[nH]c(C(C)=O)c1C. The summed E-state index contributed by atoms with van der Waals surface area (Å²) in [5, 5.41) is 2.81. The highest BCUT2D eigenvalue weighted by Gasteiger charge is 2.24. The maximum atomic E-state index is 12.2. The number of hydrogen-bond donors (Lipinski definition) is 2. The van der Waals surface area contributed by atoms with Crippen molar-refractivity contribution in [3.05, 3.63) is 57.9 Å². The van der Waals surface area contributed by atoms with Crippen LogP contribution in [0.1, 0.15) is 50.2 Å². The normalized spacial score (nSPS) is 10.4. The molecule has 0 saturated carbocycles. The Balaban J connectivity index is 2.14. The first kappa shape index (κ1) is 18.4. The molecule has 2 rings (SSSR count). The van der Waals surface area contributed by atoms with Gasteiger partial charge in [-0.2, -0.15) is 0 Å². The number of ketones is 1. The first-order chi connectivity index (χ1) is 11.8. The number of H-pyrrole nitrogens is 1. The van der Waals surface area contributed by atoms with Crippen molar-refractivity contribution in [3.63, 3.8) is 0 Å². The quantitative estimate of drug-likeness (QED) is 0.623. The number of carbonyl (C=O) groups is 3. The monoisotopic (exact) mass is 342 g/mol. The molecule has 0 radical (unpaired) electrons. The zero-order valence-electron chi connectivity index (χ0n) is 14.9. The van der Waals surface area contributed by atoms with Gasteiger partial charge in [0.15, 0.2) is 5.78 Å². The number of rotatable bonds is 6. The number of ether oxygens (including phenoxy) is 1. The number of nitrogens with one attached hydrogen (secondary N) is 2. The average molecular weight is 342 g/mol. The fourth-order valence-corrected chi connectivity index (χ4v) is 2.65. The molecular formula is C19H22N2O4. The summed E-state index contributed by atoms with van der Waals surface area (Å²) >= 11 is 0. The minimum Gasteiger partial charge on any atom is -0.465 e. The third-order valence-electron chi connectivity index (χ3n) is 4.02. The van der Waals surface area contributed by atoms with E-state index < -0.39 is 5.97 Å². The van der Waals surface area contributed by atoms with Crippen LogP contribution in [0.3, 0.4) is 0 Å². The lowest BCUT2D eigenvalue weighted by molar-refractivity contribution is -0.120. The Labute approximate surface area is 146 Å². The fraction of sp³-hybridized carbons (Fsp3) is 0.316. The molecule has 132 valence electrons. The van der Waals surface area contributed by atoms with Crippen LogP contribution in [0.2, 0.25) is 0 Å². The molecule has 0 aliphatic heterocycles. The maximum Gasteiger partial charge on any atom is 0.339 e. The zero-order valence-corrected chi connectivity index (χ0v) is 14.9. The lowest BCUT2D eigenvalue weighted by atomic mass is 10.1. The highest BCUT2D eigenvalue weighted by molar-refractivity contribution is 6.01. The summed E-state index contributed by atoms with van der Waals surface area (Å²) in [6.07, 6.45) is -0.0373. The number of amides is 1. The van der Waals surface area contributed by atoms with Gasteiger partial charge in [-0.1, -0.05) is 29.8 Å². The van der Waals surface area contributed by atoms with Gasteiger partial charge in [-0.05, 0) is 25.0 Å². The molecular weight excluding hydrogens is 320 g/mol. The Kier molecular flexibility index (Phi) is 5.75. The van der Waals surface area contributed by atoms with Gasteiger partial charge in [0.05, 0.1) is 24.8 Å². The number of hydrogen-bond acceptors (Lipinski definition) is 4. The average Bonchev–Trinajstić information content (AvgIpc) is 2.90. The smallest absolute Gasteiger partial charge is 0.339 e. The van der Waals surface area contributed by atoms with Gasteiger partial charge in [0.25, 0.3) is 0 Å². The topological polar surface area (TPSA) is 88.3 Å². The first-order valence-electron chi connectivity index (χ1n) is 7.96. The lowest BCUT2D eigenvalue weighted by Gasteiger charge is -2.07. The molecule has 0 atom stereocenters. The van der Waals surface area contributed by atoms with E-state index in [1.807, 2.05) is 31.2 Å². The number of aryl methyl sites for hydroxylation is 1. The second-order valence-corrected chi connectivity index (χ2v) is 5.97. The van der Waals surface area contributed by atoms with E-state index in [9.17, 15) is 14.4 Å². The first-order valence-corrected chi connectivity index (χ1v) is 7.96. The molecule has 0 aliphatic rings. The Morgan fingerprint density at radius 3 is 2.32 bits per heavy atom. The number of Topliss-reactive ketones (excluding diaryl/α,β-unsaturated/α-hetero) is 1. The Hall–Kier alpha value is -2.89. The maximum absolute atomic E-state index is 12.2. The predicted octanol–water partition coefficient (Wildman–Crippen LogP) is 2.48. The van der Waals surface area contributed by atoms with Crippen LogP contribution in [-0.4, -0.2) is 29.8 Å². The second-order valence-electron chi connectivity index (χ2n) is 5.97. The third kappa shape index (κ3) is 4.35. The molecule has 1 aromatic heterocycles. The van der Waals surface area contributed by atoms with E-state index in [0.717, 1.165) is 11.1 Å². The Morgan fingerprint density at radius 2 is 1.76 bits per heavy atom. The summed E-state index contributed by atoms with van der Waals surface area (Å²) in [6, 6.07) is 7.85. The number of carbonyl (C=O) groups excluding carboxylic acids is 3. The van der Waals surface area contributed by atoms with Crippen molar-refractivity contribution in [2.75, 3.05) is 7.11 Å². The highest BCUT2D eigenvalue weighted by atomic mass is 16.5. The van der Waals surface area contributed by atoms with E-state index in [2.05, 4.69) is 10.3 Å². The van der Waals surface area contributed by atoms with Crippen molar-refractivity contribution in [2.24, 2.45) is 0 Å². The Morgan fingerprint density at radius 1 is 1.12 bits per heavy atom. The van der Waals surface area contributed by atoms with E-state index in [1.165, 1.54) is 14.0 Å². The molecule has 25 heavy (non-hydrogen) atoms. The van der Waals surface area contributed by atoms with Crippen LogP contribution in [-0.2, 0) is 22.5 Å². The van der Waals surface area contributed by atoms with Crippen LogP contribution in [0.5, 0.6) is 0 Å². The van der Waals surface area contributed by atoms with Crippen LogP contribution >= 0.6 is 0 Å². The van der Waals surface area contributed by atoms with Crippen molar-refractivity contribution < 1.29 is 19.1 Å². The van der Waals surface area contributed by atoms with Crippen molar-refractivity contribution in [3.8, 4) is 0 Å². The van der Waals surface area contributed by atoms with Crippen molar-refractivity contribution in [1.82, 2.24) is 10.3 Å². The summed E-state index contributed by atoms with van der Waals surface area (Å²) in [6.45, 7) is 5.46. The van der Waals surface area contributed by atoms with Crippen molar-refractivity contribution >= 4 is 17.7 Å². The van der Waals surface area contributed by atoms with Gasteiger partial charge in [0.1, 0.15) is 0 Å². The molecule has 6 nitrogen and oxygen atoms in total. The molecule has 0 spiro atoms. The number of aromatic amines is 1. The lowest BCUT2D eigenvalue weighted by Crippen LogP contribution is -2.25. The summed E-state index contributed by atoms with van der Waals surface area (Å²) in [5.74, 6) is -1.02. The molecule has 1 amide bonds. The third-order valence-corrected chi connectivity index (χ3v) is 4.02. The highest BCUT2D eigenvalue weighted by Crippen LogP contribution is 2.20. The van der Waals surface area contributed by atoms with Crippen LogP contribution in [0.25, 0.3) is 0 Å². The molecule has 6 heteroatoms.